The number of rotatable bonds is 1. The lowest BCUT2D eigenvalue weighted by molar-refractivity contribution is -0.134. The maximum Gasteiger partial charge on any atom is 0.234 e. The fourth-order valence-corrected chi connectivity index (χ4v) is 2.41. The summed E-state index contributed by atoms with van der Waals surface area (Å²) in [5.41, 5.74) is 7.87. The molecule has 6 heteroatoms. The Hall–Kier alpha value is -2.50. The highest BCUT2D eigenvalue weighted by Gasteiger charge is 2.29. The van der Waals surface area contributed by atoms with E-state index in [1.54, 1.807) is 18.3 Å². The number of nitrogens with two attached hydrogens (primary N) is 1. The number of carbonyl (C=O) groups excluding carboxylic acids is 2. The van der Waals surface area contributed by atoms with Gasteiger partial charge in [-0.15, -0.1) is 0 Å². The van der Waals surface area contributed by atoms with Crippen LogP contribution in [0.2, 0.25) is 0 Å². The number of hydrogen-bond acceptors (Lipinski definition) is 5. The molecule has 2 aromatic rings. The summed E-state index contributed by atoms with van der Waals surface area (Å²) < 4.78 is 0. The Morgan fingerprint density at radius 1 is 1.32 bits per heavy atom. The maximum absolute atomic E-state index is 11.9. The summed E-state index contributed by atoms with van der Waals surface area (Å²) in [5.74, 6) is -0.896. The lowest BCUT2D eigenvalue weighted by atomic mass is 9.88. The number of aromatic nitrogens is 2. The molecule has 96 valence electrons. The van der Waals surface area contributed by atoms with Crippen molar-refractivity contribution in [3.05, 3.63) is 30.2 Å². The summed E-state index contributed by atoms with van der Waals surface area (Å²) in [5, 5.41) is 3.15. The molecule has 1 aromatic carbocycles. The maximum atomic E-state index is 11.9. The fraction of sp³-hybridized carbons (Fsp3) is 0.231. The molecule has 1 fully saturated rings. The summed E-state index contributed by atoms with van der Waals surface area (Å²) in [6, 6.07) is 3.50. The normalized spacial score (nSPS) is 19.5. The quantitative estimate of drug-likeness (QED) is 0.579. The molecule has 0 aliphatic carbocycles. The molecule has 0 spiro atoms. The molecule has 1 atom stereocenters. The topological polar surface area (TPSA) is 98.0 Å². The van der Waals surface area contributed by atoms with Gasteiger partial charge in [0.15, 0.2) is 0 Å². The van der Waals surface area contributed by atoms with E-state index in [2.05, 4.69) is 15.3 Å². The van der Waals surface area contributed by atoms with E-state index in [1.165, 1.54) is 6.33 Å². The Morgan fingerprint density at radius 3 is 2.95 bits per heavy atom. The van der Waals surface area contributed by atoms with Crippen LogP contribution in [0.5, 0.6) is 0 Å². The molecule has 1 aliphatic heterocycles. The highest BCUT2D eigenvalue weighted by molar-refractivity contribution is 6.03. The largest absolute Gasteiger partial charge is 0.399 e. The third-order valence-electron chi connectivity index (χ3n) is 3.29. The number of nitrogens with zero attached hydrogens (tertiary/aromatic N) is 2. The highest BCUT2D eigenvalue weighted by atomic mass is 16.2. The number of hydrogen-bond donors (Lipinski definition) is 2. The summed E-state index contributed by atoms with van der Waals surface area (Å²) in [6.45, 7) is 0. The summed E-state index contributed by atoms with van der Waals surface area (Å²) in [7, 11) is 0. The van der Waals surface area contributed by atoms with Gasteiger partial charge in [0.05, 0.1) is 11.4 Å². The third kappa shape index (κ3) is 2.01. The molecular weight excluding hydrogens is 244 g/mol. The zero-order chi connectivity index (χ0) is 13.4. The molecule has 6 nitrogen and oxygen atoms in total. The average molecular weight is 256 g/mol. The van der Waals surface area contributed by atoms with Crippen LogP contribution < -0.4 is 11.1 Å². The second-order valence-electron chi connectivity index (χ2n) is 4.57. The molecular formula is C13H12N4O2. The number of nitrogens with one attached hydrogen (secondary N) is 1. The van der Waals surface area contributed by atoms with Crippen LogP contribution in [0.3, 0.4) is 0 Å². The van der Waals surface area contributed by atoms with Gasteiger partial charge < -0.3 is 5.73 Å². The second kappa shape index (κ2) is 4.31. The van der Waals surface area contributed by atoms with Crippen molar-refractivity contribution in [1.82, 2.24) is 15.3 Å². The summed E-state index contributed by atoms with van der Waals surface area (Å²) >= 11 is 0. The predicted molar refractivity (Wildman–Crippen MR) is 69.1 cm³/mol. The summed E-state index contributed by atoms with van der Waals surface area (Å²) in [6.07, 6.45) is 3.93. The number of piperidine rings is 1. The van der Waals surface area contributed by atoms with Crippen LogP contribution >= 0.6 is 0 Å². The molecule has 19 heavy (non-hydrogen) atoms. The van der Waals surface area contributed by atoms with Crippen molar-refractivity contribution < 1.29 is 9.59 Å². The van der Waals surface area contributed by atoms with E-state index < -0.39 is 0 Å². The van der Waals surface area contributed by atoms with Gasteiger partial charge in [0.1, 0.15) is 6.33 Å². The van der Waals surface area contributed by atoms with Gasteiger partial charge in [-0.2, -0.15) is 0 Å². The number of fused-ring (bicyclic) bond motifs is 1. The van der Waals surface area contributed by atoms with Gasteiger partial charge in [0.2, 0.25) is 11.8 Å². The van der Waals surface area contributed by atoms with Crippen molar-refractivity contribution in [1.29, 1.82) is 0 Å². The first-order chi connectivity index (χ1) is 9.15. The first-order valence-electron chi connectivity index (χ1n) is 5.98. The smallest absolute Gasteiger partial charge is 0.234 e. The molecule has 2 heterocycles. The van der Waals surface area contributed by atoms with E-state index in [1.807, 2.05) is 0 Å². The van der Waals surface area contributed by atoms with Crippen molar-refractivity contribution >= 4 is 28.4 Å². The Labute approximate surface area is 109 Å². The number of amides is 2. The summed E-state index contributed by atoms with van der Waals surface area (Å²) in [4.78, 5) is 31.3. The van der Waals surface area contributed by atoms with Gasteiger partial charge >= 0.3 is 0 Å². The monoisotopic (exact) mass is 256 g/mol. The van der Waals surface area contributed by atoms with Crippen LogP contribution in [0, 0.1) is 0 Å². The van der Waals surface area contributed by atoms with Crippen LogP contribution in [-0.2, 0) is 9.59 Å². The van der Waals surface area contributed by atoms with Crippen LogP contribution in [0.1, 0.15) is 24.3 Å². The van der Waals surface area contributed by atoms with Crippen molar-refractivity contribution in [2.45, 2.75) is 18.8 Å². The Bertz CT molecular complexity index is 683. The molecule has 0 saturated carbocycles. The van der Waals surface area contributed by atoms with E-state index in [0.29, 0.717) is 24.0 Å². The number of anilines is 1. The van der Waals surface area contributed by atoms with E-state index in [-0.39, 0.29) is 17.7 Å². The first kappa shape index (κ1) is 11.6. The highest BCUT2D eigenvalue weighted by Crippen LogP contribution is 2.31. The Kier molecular flexibility index (Phi) is 2.63. The molecule has 1 saturated heterocycles. The molecule has 1 aliphatic rings. The van der Waals surface area contributed by atoms with Crippen molar-refractivity contribution in [3.8, 4) is 0 Å². The lowest BCUT2D eigenvalue weighted by Crippen LogP contribution is -2.39. The van der Waals surface area contributed by atoms with Gasteiger partial charge in [-0.1, -0.05) is 0 Å². The van der Waals surface area contributed by atoms with Gasteiger partial charge in [-0.05, 0) is 24.1 Å². The number of carbonyl (C=O) groups is 2. The number of benzene rings is 1. The zero-order valence-corrected chi connectivity index (χ0v) is 10.1. The number of imide groups is 1. The standard InChI is InChI=1S/C13H12N4O2/c14-7-3-9(8-1-2-12(18)17-13(8)19)10-5-15-6-16-11(10)4-7/h3-6,8H,1-2,14H2,(H,17,18,19). The van der Waals surface area contributed by atoms with E-state index >= 15 is 0 Å². The third-order valence-corrected chi connectivity index (χ3v) is 3.29. The number of nitrogen functional groups attached to an aromatic ring is 1. The Balaban J connectivity index is 2.14. The van der Waals surface area contributed by atoms with Crippen molar-refractivity contribution in [2.24, 2.45) is 0 Å². The molecule has 0 radical (unpaired) electrons. The van der Waals surface area contributed by atoms with Gasteiger partial charge in [0, 0.05) is 23.7 Å². The molecule has 3 rings (SSSR count). The van der Waals surface area contributed by atoms with Crippen LogP contribution in [0.25, 0.3) is 10.9 Å². The molecule has 2 amide bonds. The first-order valence-corrected chi connectivity index (χ1v) is 5.98. The predicted octanol–water partition coefficient (Wildman–Crippen LogP) is 0.732. The molecule has 3 N–H and O–H groups in total. The SMILES string of the molecule is Nc1cc(C2CCC(=O)NC2=O)c2cncnc2c1. The molecule has 1 unspecified atom stereocenters. The Morgan fingerprint density at radius 2 is 2.16 bits per heavy atom. The minimum absolute atomic E-state index is 0.231. The fourth-order valence-electron chi connectivity index (χ4n) is 2.41. The lowest BCUT2D eigenvalue weighted by Gasteiger charge is -2.22. The average Bonchev–Trinajstić information content (AvgIpc) is 2.38. The van der Waals surface area contributed by atoms with E-state index in [9.17, 15) is 9.59 Å². The molecule has 1 aromatic heterocycles. The van der Waals surface area contributed by atoms with Crippen molar-refractivity contribution in [2.75, 3.05) is 5.73 Å². The second-order valence-corrected chi connectivity index (χ2v) is 4.57. The van der Waals surface area contributed by atoms with Crippen LogP contribution in [-0.4, -0.2) is 21.8 Å². The minimum Gasteiger partial charge on any atom is -0.399 e. The van der Waals surface area contributed by atoms with Crippen LogP contribution in [0.15, 0.2) is 24.7 Å². The molecule has 0 bridgehead atoms. The minimum atomic E-state index is -0.380. The van der Waals surface area contributed by atoms with Gasteiger partial charge in [-0.3, -0.25) is 14.9 Å². The van der Waals surface area contributed by atoms with Crippen LogP contribution in [0.4, 0.5) is 5.69 Å². The van der Waals surface area contributed by atoms with Crippen molar-refractivity contribution in [3.63, 3.8) is 0 Å². The van der Waals surface area contributed by atoms with E-state index in [0.717, 1.165) is 10.9 Å². The van der Waals surface area contributed by atoms with E-state index in [4.69, 9.17) is 5.73 Å². The zero-order valence-electron chi connectivity index (χ0n) is 10.1. The van der Waals surface area contributed by atoms with Gasteiger partial charge in [-0.25, -0.2) is 9.97 Å². The van der Waals surface area contributed by atoms with Gasteiger partial charge in [0.25, 0.3) is 0 Å².